The summed E-state index contributed by atoms with van der Waals surface area (Å²) < 4.78 is 58.2. The number of anilines is 4. The predicted molar refractivity (Wildman–Crippen MR) is 218 cm³/mol. The van der Waals surface area contributed by atoms with Crippen molar-refractivity contribution in [3.05, 3.63) is 109 Å². The van der Waals surface area contributed by atoms with Crippen molar-refractivity contribution < 1.29 is 47.0 Å². The second-order valence-electron chi connectivity index (χ2n) is 11.4. The van der Waals surface area contributed by atoms with Crippen molar-refractivity contribution in [2.24, 2.45) is 0 Å². The Kier molecular flexibility index (Phi) is 17.3. The molecular weight excluding hydrogens is 1110 g/mol. The zero-order valence-electron chi connectivity index (χ0n) is 27.4. The molecule has 286 valence electrons. The number of hydrogen-bond donors (Lipinski definition) is 6. The number of nitrogens with one attached hydrogen (secondary N) is 4. The molecule has 0 saturated heterocycles. The molecule has 0 fully saturated rings. The molecule has 10 nitrogen and oxygen atoms in total. The lowest BCUT2D eigenvalue weighted by Gasteiger charge is -2.18. The van der Waals surface area contributed by atoms with E-state index in [0.717, 1.165) is 19.3 Å². The molecule has 0 heterocycles. The average molecular weight is 1140 g/mol. The van der Waals surface area contributed by atoms with E-state index in [1.165, 1.54) is 20.8 Å². The molecule has 0 aliphatic rings. The largest absolute Gasteiger partial charge is 0.391 e. The Morgan fingerprint density at radius 2 is 1.17 bits per heavy atom. The van der Waals surface area contributed by atoms with Gasteiger partial charge in [-0.05, 0) is 146 Å². The summed E-state index contributed by atoms with van der Waals surface area (Å²) in [5, 5.41) is 24.6. The van der Waals surface area contributed by atoms with Crippen LogP contribution in [0, 0.1) is 30.4 Å². The predicted octanol–water partition coefficient (Wildman–Crippen LogP) is 9.93. The molecule has 0 aliphatic heterocycles. The van der Waals surface area contributed by atoms with E-state index in [1.807, 2.05) is 0 Å². The number of hydroxylamine groups is 2. The lowest BCUT2D eigenvalue weighted by Crippen LogP contribution is -2.33. The van der Waals surface area contributed by atoms with E-state index in [2.05, 4.69) is 98.6 Å². The summed E-state index contributed by atoms with van der Waals surface area (Å²) >= 11 is 22.1. The summed E-state index contributed by atoms with van der Waals surface area (Å²) in [5.74, 6) is -6.48. The smallest absolute Gasteiger partial charge is 0.277 e. The molecule has 53 heavy (non-hydrogen) atoms. The van der Waals surface area contributed by atoms with Crippen molar-refractivity contribution in [2.75, 3.05) is 23.8 Å². The highest BCUT2D eigenvalue weighted by atomic mass is 127. The van der Waals surface area contributed by atoms with Crippen molar-refractivity contribution in [3.63, 3.8) is 0 Å². The molecule has 0 spiro atoms. The quantitative estimate of drug-likeness (QED) is 0.0357. The van der Waals surface area contributed by atoms with Gasteiger partial charge >= 0.3 is 0 Å². The molecule has 2 amide bonds. The van der Waals surface area contributed by atoms with Crippen molar-refractivity contribution in [3.8, 4) is 0 Å². The van der Waals surface area contributed by atoms with Gasteiger partial charge in [0.25, 0.3) is 11.8 Å². The van der Waals surface area contributed by atoms with Gasteiger partial charge < -0.3 is 20.8 Å². The van der Waals surface area contributed by atoms with Crippen LogP contribution in [-0.4, -0.2) is 46.9 Å². The minimum absolute atomic E-state index is 0.164. The molecule has 0 aromatic heterocycles. The van der Waals surface area contributed by atoms with E-state index in [4.69, 9.17) is 38.0 Å². The SMILES string of the molecule is CC(C)(O)CONC(=O)c1cc(Br)c(F)c(F)c1Nc1ccc(I)cc1Cl.CC(O)CONC(=O)c1cc(Br)c(F)c(F)c1Nc1ccc(I)cc1Cl. The molecule has 0 bridgehead atoms. The zero-order valence-corrected chi connectivity index (χ0v) is 36.4. The van der Waals surface area contributed by atoms with E-state index in [0.29, 0.717) is 11.4 Å². The standard InChI is InChI=1S/C17H15BrClF2IN2O3.C16H13BrClF2IN2O3/c1-17(2,26)7-27-24-16(25)9-6-10(18)13(20)14(21)15(9)23-12-4-3-8(22)5-11(12)19;1-7(24)6-26-23-16(25)9-5-10(17)13(19)14(20)15(9)22-12-3-2-8(21)4-11(12)18/h3-6,23,26H,7H2,1-2H3,(H,24,25);2-5,7,22,24H,6H2,1H3,(H,23,25). The molecule has 20 heteroatoms. The van der Waals surface area contributed by atoms with E-state index >= 15 is 0 Å². The third-order valence-electron chi connectivity index (χ3n) is 6.28. The first kappa shape index (κ1) is 45.4. The molecule has 4 aromatic carbocycles. The Balaban J connectivity index is 0.000000286. The summed E-state index contributed by atoms with van der Waals surface area (Å²) in [6.45, 7) is 4.07. The van der Waals surface area contributed by atoms with E-state index in [1.54, 1.807) is 36.4 Å². The molecule has 0 aliphatic carbocycles. The number of aliphatic hydroxyl groups excluding tert-OH is 1. The van der Waals surface area contributed by atoms with Crippen LogP contribution in [0.4, 0.5) is 40.3 Å². The van der Waals surface area contributed by atoms with Crippen LogP contribution in [0.1, 0.15) is 41.5 Å². The molecule has 4 rings (SSSR count). The highest BCUT2D eigenvalue weighted by molar-refractivity contribution is 14.1. The first-order valence-corrected chi connectivity index (χ1v) is 19.2. The molecule has 1 unspecified atom stereocenters. The third-order valence-corrected chi connectivity index (χ3v) is 9.40. The number of hydrogen-bond acceptors (Lipinski definition) is 8. The lowest BCUT2D eigenvalue weighted by molar-refractivity contribution is -0.0522. The minimum Gasteiger partial charge on any atom is -0.391 e. The summed E-state index contributed by atoms with van der Waals surface area (Å²) in [5.41, 5.74) is 2.35. The van der Waals surface area contributed by atoms with Gasteiger partial charge in [-0.2, -0.15) is 0 Å². The van der Waals surface area contributed by atoms with E-state index < -0.39 is 58.2 Å². The number of amides is 2. The maximum absolute atomic E-state index is 14.5. The van der Waals surface area contributed by atoms with Gasteiger partial charge in [0.15, 0.2) is 23.3 Å². The van der Waals surface area contributed by atoms with Gasteiger partial charge in [0, 0.05) is 7.14 Å². The molecule has 1 atom stereocenters. The van der Waals surface area contributed by atoms with Crippen molar-refractivity contribution in [2.45, 2.75) is 32.5 Å². The Morgan fingerprint density at radius 1 is 0.774 bits per heavy atom. The first-order chi connectivity index (χ1) is 24.7. The zero-order chi connectivity index (χ0) is 39.8. The average Bonchev–Trinajstić information content (AvgIpc) is 3.06. The van der Waals surface area contributed by atoms with Gasteiger partial charge in [0.2, 0.25) is 0 Å². The van der Waals surface area contributed by atoms with Crippen LogP contribution in [-0.2, 0) is 9.68 Å². The fraction of sp³-hybridized carbons (Fsp3) is 0.212. The second kappa shape index (κ2) is 20.2. The lowest BCUT2D eigenvalue weighted by atomic mass is 10.1. The Morgan fingerprint density at radius 3 is 1.53 bits per heavy atom. The second-order valence-corrected chi connectivity index (χ2v) is 16.5. The van der Waals surface area contributed by atoms with Gasteiger partial charge in [-0.25, -0.2) is 28.5 Å². The van der Waals surface area contributed by atoms with Crippen LogP contribution in [0.25, 0.3) is 0 Å². The van der Waals surface area contributed by atoms with E-state index in [9.17, 15) is 32.3 Å². The molecule has 4 aromatic rings. The minimum atomic E-state index is -1.26. The van der Waals surface area contributed by atoms with Gasteiger partial charge in [-0.3, -0.25) is 19.3 Å². The van der Waals surface area contributed by atoms with Gasteiger partial charge in [-0.1, -0.05) is 23.2 Å². The number of aliphatic hydroxyl groups is 2. The maximum Gasteiger partial charge on any atom is 0.277 e. The van der Waals surface area contributed by atoms with E-state index in [-0.39, 0.29) is 43.3 Å². The van der Waals surface area contributed by atoms with Gasteiger partial charge in [-0.15, -0.1) is 0 Å². The fourth-order valence-corrected chi connectivity index (χ4v) is 6.47. The maximum atomic E-state index is 14.5. The summed E-state index contributed by atoms with van der Waals surface area (Å²) in [6.07, 6.45) is -0.810. The number of benzene rings is 4. The summed E-state index contributed by atoms with van der Waals surface area (Å²) in [4.78, 5) is 34.4. The summed E-state index contributed by atoms with van der Waals surface area (Å²) in [6, 6.07) is 12.1. The normalized spacial score (nSPS) is 11.7. The fourth-order valence-electron chi connectivity index (χ4n) is 3.86. The highest BCUT2D eigenvalue weighted by Crippen LogP contribution is 2.35. The Bertz CT molecular complexity index is 2000. The van der Waals surface area contributed by atoms with Crippen LogP contribution in [0.5, 0.6) is 0 Å². The Hall–Kier alpha value is -2.02. The van der Waals surface area contributed by atoms with Crippen LogP contribution in [0.15, 0.2) is 57.5 Å². The highest BCUT2D eigenvalue weighted by Gasteiger charge is 2.25. The van der Waals surface area contributed by atoms with Crippen LogP contribution in [0.2, 0.25) is 10.0 Å². The Labute approximate surface area is 355 Å². The third kappa shape index (κ3) is 13.3. The van der Waals surface area contributed by atoms with Gasteiger partial charge in [0.1, 0.15) is 13.2 Å². The van der Waals surface area contributed by atoms with Crippen LogP contribution in [0.3, 0.4) is 0 Å². The van der Waals surface area contributed by atoms with Crippen molar-refractivity contribution in [1.82, 2.24) is 11.0 Å². The molecular formula is C33H28Br2Cl2F4I2N4O6. The first-order valence-electron chi connectivity index (χ1n) is 14.7. The number of rotatable bonds is 12. The number of carbonyl (C=O) groups is 2. The number of carbonyl (C=O) groups excluding carboxylic acids is 2. The van der Waals surface area contributed by atoms with Crippen LogP contribution >= 0.6 is 100 Å². The monoisotopic (exact) mass is 1130 g/mol. The van der Waals surface area contributed by atoms with Crippen molar-refractivity contribution >= 4 is 135 Å². The topological polar surface area (TPSA) is 141 Å². The number of halogens is 10. The van der Waals surface area contributed by atoms with Crippen LogP contribution < -0.4 is 21.6 Å². The van der Waals surface area contributed by atoms with Gasteiger partial charge in [0.05, 0.1) is 64.6 Å². The molecule has 0 saturated carbocycles. The summed E-state index contributed by atoms with van der Waals surface area (Å²) in [7, 11) is 0. The molecule has 6 N–H and O–H groups in total. The molecule has 0 radical (unpaired) electrons. The van der Waals surface area contributed by atoms with Crippen molar-refractivity contribution in [1.29, 1.82) is 0 Å².